The van der Waals surface area contributed by atoms with Crippen LogP contribution in [0.25, 0.3) is 0 Å². The van der Waals surface area contributed by atoms with Crippen LogP contribution in [0.4, 0.5) is 4.39 Å². The first kappa shape index (κ1) is 13.4. The molecule has 1 aromatic rings. The fraction of sp³-hybridized carbons (Fsp3) is 0.400. The number of halogens is 2. The Kier molecular flexibility index (Phi) is 3.62. The van der Waals surface area contributed by atoms with Crippen LogP contribution in [0.5, 0.6) is 0 Å². The Morgan fingerprint density at radius 3 is 2.50 bits per heavy atom. The molecule has 0 bridgehead atoms. The minimum atomic E-state index is -3.67. The molecule has 1 rings (SSSR count). The molecule has 0 saturated carbocycles. The SMILES string of the molecule is C[C@@](Cl)([C@H](O)c1cccc(F)c1)S(C)(=O)=O. The molecule has 0 aromatic heterocycles. The molecule has 2 atom stereocenters. The van der Waals surface area contributed by atoms with E-state index in [-0.39, 0.29) is 5.56 Å². The summed E-state index contributed by atoms with van der Waals surface area (Å²) in [6.07, 6.45) is -0.567. The fourth-order valence-electron chi connectivity index (χ4n) is 1.18. The third-order valence-corrected chi connectivity index (χ3v) is 5.10. The number of aliphatic hydroxyl groups excluding tert-OH is 1. The third-order valence-electron chi connectivity index (χ3n) is 2.38. The number of rotatable bonds is 3. The smallest absolute Gasteiger partial charge is 0.172 e. The molecule has 0 aliphatic heterocycles. The average molecular weight is 267 g/mol. The van der Waals surface area contributed by atoms with Gasteiger partial charge in [0.1, 0.15) is 11.9 Å². The zero-order valence-electron chi connectivity index (χ0n) is 8.81. The van der Waals surface area contributed by atoms with E-state index in [1.807, 2.05) is 0 Å². The Hall–Kier alpha value is -0.650. The lowest BCUT2D eigenvalue weighted by Gasteiger charge is -2.26. The van der Waals surface area contributed by atoms with Gasteiger partial charge >= 0.3 is 0 Å². The van der Waals surface area contributed by atoms with Gasteiger partial charge in [-0.25, -0.2) is 12.8 Å². The predicted octanol–water partition coefficient (Wildman–Crippen LogP) is 1.86. The fourth-order valence-corrected chi connectivity index (χ4v) is 1.84. The van der Waals surface area contributed by atoms with Gasteiger partial charge in [0, 0.05) is 6.26 Å². The van der Waals surface area contributed by atoms with Gasteiger partial charge in [0.15, 0.2) is 14.0 Å². The lowest BCUT2D eigenvalue weighted by atomic mass is 10.1. The highest BCUT2D eigenvalue weighted by Gasteiger charge is 2.41. The second-order valence-corrected chi connectivity index (χ2v) is 7.12. The highest BCUT2D eigenvalue weighted by molar-refractivity contribution is 7.93. The van der Waals surface area contributed by atoms with E-state index in [9.17, 15) is 17.9 Å². The third kappa shape index (κ3) is 2.53. The molecule has 0 unspecified atom stereocenters. The topological polar surface area (TPSA) is 54.4 Å². The van der Waals surface area contributed by atoms with Crippen molar-refractivity contribution < 1.29 is 17.9 Å². The first-order valence-electron chi connectivity index (χ1n) is 4.48. The molecular weight excluding hydrogens is 255 g/mol. The van der Waals surface area contributed by atoms with Crippen LogP contribution in [-0.2, 0) is 9.84 Å². The van der Waals surface area contributed by atoms with Gasteiger partial charge in [-0.2, -0.15) is 0 Å². The minimum Gasteiger partial charge on any atom is -0.385 e. The second kappa shape index (κ2) is 4.31. The van der Waals surface area contributed by atoms with Gasteiger partial charge in [0.25, 0.3) is 0 Å². The van der Waals surface area contributed by atoms with E-state index in [0.29, 0.717) is 0 Å². The average Bonchev–Trinajstić information content (AvgIpc) is 2.14. The Morgan fingerprint density at radius 1 is 1.50 bits per heavy atom. The van der Waals surface area contributed by atoms with Crippen molar-refractivity contribution in [2.75, 3.05) is 6.26 Å². The van der Waals surface area contributed by atoms with Crippen LogP contribution < -0.4 is 0 Å². The molecular formula is C10H12ClFO3S. The molecule has 0 radical (unpaired) electrons. The molecule has 0 spiro atoms. The summed E-state index contributed by atoms with van der Waals surface area (Å²) >= 11 is 5.79. The van der Waals surface area contributed by atoms with Gasteiger partial charge in [-0.3, -0.25) is 0 Å². The van der Waals surface area contributed by atoms with E-state index in [1.165, 1.54) is 25.1 Å². The number of hydrogen-bond donors (Lipinski definition) is 1. The maximum absolute atomic E-state index is 12.9. The summed E-state index contributed by atoms with van der Waals surface area (Å²) in [7, 11) is -3.67. The van der Waals surface area contributed by atoms with Crippen molar-refractivity contribution in [3.63, 3.8) is 0 Å². The maximum atomic E-state index is 12.9. The molecule has 90 valence electrons. The molecule has 0 amide bonds. The Balaban J connectivity index is 3.17. The van der Waals surface area contributed by atoms with Crippen LogP contribution >= 0.6 is 11.6 Å². The van der Waals surface area contributed by atoms with Gasteiger partial charge in [-0.1, -0.05) is 23.7 Å². The monoisotopic (exact) mass is 266 g/mol. The second-order valence-electron chi connectivity index (χ2n) is 3.72. The molecule has 0 heterocycles. The highest BCUT2D eigenvalue weighted by atomic mass is 35.5. The predicted molar refractivity (Wildman–Crippen MR) is 60.5 cm³/mol. The minimum absolute atomic E-state index is 0.128. The lowest BCUT2D eigenvalue weighted by molar-refractivity contribution is 0.162. The number of aliphatic hydroxyl groups is 1. The van der Waals surface area contributed by atoms with Crippen molar-refractivity contribution in [1.29, 1.82) is 0 Å². The van der Waals surface area contributed by atoms with Crippen LogP contribution in [0.2, 0.25) is 0 Å². The Bertz CT molecular complexity index is 485. The first-order valence-corrected chi connectivity index (χ1v) is 6.75. The summed E-state index contributed by atoms with van der Waals surface area (Å²) in [4.78, 5) is 0. The van der Waals surface area contributed by atoms with Gasteiger partial charge in [0.2, 0.25) is 0 Å². The highest BCUT2D eigenvalue weighted by Crippen LogP contribution is 2.36. The first-order chi connectivity index (χ1) is 7.16. The van der Waals surface area contributed by atoms with Crippen molar-refractivity contribution in [2.24, 2.45) is 0 Å². The van der Waals surface area contributed by atoms with E-state index < -0.39 is 26.0 Å². The van der Waals surface area contributed by atoms with Gasteiger partial charge in [0.05, 0.1) is 0 Å². The standard InChI is InChI=1S/C10H12ClFO3S/c1-10(11,16(2,14)15)9(13)7-4-3-5-8(12)6-7/h3-6,9,13H,1-2H3/t9-,10+/m1/s1. The van der Waals surface area contributed by atoms with Crippen molar-refractivity contribution in [2.45, 2.75) is 17.2 Å². The van der Waals surface area contributed by atoms with Crippen molar-refractivity contribution in [3.05, 3.63) is 35.6 Å². The van der Waals surface area contributed by atoms with Crippen LogP contribution in [0.3, 0.4) is 0 Å². The van der Waals surface area contributed by atoms with E-state index in [1.54, 1.807) is 0 Å². The lowest BCUT2D eigenvalue weighted by Crippen LogP contribution is -2.35. The molecule has 3 nitrogen and oxygen atoms in total. The summed E-state index contributed by atoms with van der Waals surface area (Å²) in [6.45, 7) is 1.18. The molecule has 1 N–H and O–H groups in total. The zero-order chi connectivity index (χ0) is 12.6. The zero-order valence-corrected chi connectivity index (χ0v) is 10.4. The van der Waals surface area contributed by atoms with E-state index in [2.05, 4.69) is 0 Å². The molecule has 0 saturated heterocycles. The molecule has 0 aliphatic rings. The van der Waals surface area contributed by atoms with Gasteiger partial charge in [-0.05, 0) is 24.6 Å². The van der Waals surface area contributed by atoms with Crippen LogP contribution in [0, 0.1) is 5.82 Å². The largest absolute Gasteiger partial charge is 0.385 e. The summed E-state index contributed by atoms with van der Waals surface area (Å²) in [5.74, 6) is -0.558. The molecule has 16 heavy (non-hydrogen) atoms. The number of benzene rings is 1. The van der Waals surface area contributed by atoms with Crippen LogP contribution in [0.1, 0.15) is 18.6 Å². The summed E-state index contributed by atoms with van der Waals surface area (Å²) in [6, 6.07) is 5.04. The van der Waals surface area contributed by atoms with Crippen LogP contribution in [0.15, 0.2) is 24.3 Å². The molecule has 1 aromatic carbocycles. The normalized spacial score (nSPS) is 17.8. The summed E-state index contributed by atoms with van der Waals surface area (Å²) in [5, 5.41) is 9.83. The number of hydrogen-bond acceptors (Lipinski definition) is 3. The van der Waals surface area contributed by atoms with Crippen molar-refractivity contribution in [1.82, 2.24) is 0 Å². The Labute approximate surface area is 98.8 Å². The summed E-state index contributed by atoms with van der Waals surface area (Å²) < 4.78 is 33.8. The quantitative estimate of drug-likeness (QED) is 0.850. The van der Waals surface area contributed by atoms with Crippen LogP contribution in [-0.4, -0.2) is 24.0 Å². The maximum Gasteiger partial charge on any atom is 0.172 e. The Morgan fingerprint density at radius 2 is 2.06 bits per heavy atom. The summed E-state index contributed by atoms with van der Waals surface area (Å²) in [5.41, 5.74) is 0.128. The van der Waals surface area contributed by atoms with Gasteiger partial charge in [-0.15, -0.1) is 0 Å². The van der Waals surface area contributed by atoms with E-state index in [0.717, 1.165) is 12.3 Å². The van der Waals surface area contributed by atoms with Crippen molar-refractivity contribution >= 4 is 21.4 Å². The number of alkyl halides is 1. The molecule has 6 heteroatoms. The number of sulfone groups is 1. The molecule has 0 fully saturated rings. The molecule has 0 aliphatic carbocycles. The van der Waals surface area contributed by atoms with E-state index >= 15 is 0 Å². The van der Waals surface area contributed by atoms with Gasteiger partial charge < -0.3 is 5.11 Å². The van der Waals surface area contributed by atoms with Crippen molar-refractivity contribution in [3.8, 4) is 0 Å². The van der Waals surface area contributed by atoms with E-state index in [4.69, 9.17) is 11.6 Å².